The molecule has 0 spiro atoms. The summed E-state index contributed by atoms with van der Waals surface area (Å²) in [6, 6.07) is 7.59. The molecule has 5 heteroatoms. The molecule has 0 saturated heterocycles. The van der Waals surface area contributed by atoms with E-state index in [-0.39, 0.29) is 17.9 Å². The summed E-state index contributed by atoms with van der Waals surface area (Å²) in [6.07, 6.45) is -1.26. The molecule has 0 radical (unpaired) electrons. The topological polar surface area (TPSA) is 38.7 Å². The molecule has 2 aromatic rings. The van der Waals surface area contributed by atoms with Crippen molar-refractivity contribution in [3.8, 4) is 11.5 Å². The predicted molar refractivity (Wildman–Crippen MR) is 67.7 cm³/mol. The van der Waals surface area contributed by atoms with Gasteiger partial charge in [0.1, 0.15) is 6.10 Å². The first-order valence-electron chi connectivity index (χ1n) is 6.10. The molecule has 104 valence electrons. The Bertz CT molecular complexity index is 670. The molecular weight excluding hydrogens is 266 g/mol. The summed E-state index contributed by atoms with van der Waals surface area (Å²) in [5.41, 5.74) is 0.507. The van der Waals surface area contributed by atoms with Crippen molar-refractivity contribution in [1.82, 2.24) is 0 Å². The van der Waals surface area contributed by atoms with Gasteiger partial charge in [0.05, 0.1) is 0 Å². The highest BCUT2D eigenvalue weighted by Crippen LogP contribution is 2.36. The van der Waals surface area contributed by atoms with E-state index in [0.29, 0.717) is 17.1 Å². The van der Waals surface area contributed by atoms with Crippen molar-refractivity contribution in [2.75, 3.05) is 6.79 Å². The predicted octanol–water partition coefficient (Wildman–Crippen LogP) is 3.08. The molecule has 0 aliphatic carbocycles. The normalized spacial score (nSPS) is 14.4. The minimum Gasteiger partial charge on any atom is -0.454 e. The van der Waals surface area contributed by atoms with Crippen LogP contribution < -0.4 is 9.47 Å². The number of aliphatic hydroxyl groups is 1. The zero-order valence-electron chi connectivity index (χ0n) is 10.7. The maximum atomic E-state index is 13.9. The standard InChI is InChI=1S/C15H12F2O3/c1-8-2-4-10(14(17)13(8)16)15(18)9-3-5-11-12(6-9)20-7-19-11/h2-6,15,18H,7H2,1H3. The van der Waals surface area contributed by atoms with Gasteiger partial charge in [-0.2, -0.15) is 0 Å². The lowest BCUT2D eigenvalue weighted by atomic mass is 9.99. The largest absolute Gasteiger partial charge is 0.454 e. The number of hydrogen-bond acceptors (Lipinski definition) is 3. The highest BCUT2D eigenvalue weighted by atomic mass is 19.2. The third-order valence-corrected chi connectivity index (χ3v) is 3.31. The SMILES string of the molecule is Cc1ccc(C(O)c2ccc3c(c2)OCO3)c(F)c1F. The average Bonchev–Trinajstić information content (AvgIpc) is 2.91. The van der Waals surface area contributed by atoms with Gasteiger partial charge in [-0.3, -0.25) is 0 Å². The Morgan fingerprint density at radius 3 is 2.60 bits per heavy atom. The van der Waals surface area contributed by atoms with E-state index in [2.05, 4.69) is 0 Å². The summed E-state index contributed by atoms with van der Waals surface area (Å²) >= 11 is 0. The third-order valence-electron chi connectivity index (χ3n) is 3.31. The number of aryl methyl sites for hydroxylation is 1. The number of rotatable bonds is 2. The highest BCUT2D eigenvalue weighted by molar-refractivity contribution is 5.46. The van der Waals surface area contributed by atoms with Crippen LogP contribution in [0.4, 0.5) is 8.78 Å². The molecule has 1 atom stereocenters. The van der Waals surface area contributed by atoms with Gasteiger partial charge >= 0.3 is 0 Å². The van der Waals surface area contributed by atoms with E-state index in [1.165, 1.54) is 19.1 Å². The van der Waals surface area contributed by atoms with E-state index in [0.717, 1.165) is 0 Å². The van der Waals surface area contributed by atoms with Gasteiger partial charge in [-0.25, -0.2) is 8.78 Å². The molecule has 20 heavy (non-hydrogen) atoms. The van der Waals surface area contributed by atoms with Crippen LogP contribution in [0.5, 0.6) is 11.5 Å². The summed E-state index contributed by atoms with van der Waals surface area (Å²) in [5, 5.41) is 10.2. The summed E-state index contributed by atoms with van der Waals surface area (Å²) in [6.45, 7) is 1.58. The van der Waals surface area contributed by atoms with Gasteiger partial charge in [-0.15, -0.1) is 0 Å². The second kappa shape index (κ2) is 4.76. The van der Waals surface area contributed by atoms with Crippen molar-refractivity contribution >= 4 is 0 Å². The maximum absolute atomic E-state index is 13.9. The molecule has 1 unspecified atom stereocenters. The number of halogens is 2. The fourth-order valence-corrected chi connectivity index (χ4v) is 2.13. The smallest absolute Gasteiger partial charge is 0.231 e. The van der Waals surface area contributed by atoms with Crippen LogP contribution in [0.3, 0.4) is 0 Å². The first-order valence-corrected chi connectivity index (χ1v) is 6.10. The number of benzene rings is 2. The van der Waals surface area contributed by atoms with Crippen molar-refractivity contribution in [3.05, 3.63) is 58.7 Å². The van der Waals surface area contributed by atoms with E-state index in [1.807, 2.05) is 0 Å². The molecule has 0 saturated carbocycles. The van der Waals surface area contributed by atoms with Crippen molar-refractivity contribution in [1.29, 1.82) is 0 Å². The second-order valence-corrected chi connectivity index (χ2v) is 4.61. The summed E-state index contributed by atoms with van der Waals surface area (Å²) in [4.78, 5) is 0. The minimum absolute atomic E-state index is 0.105. The lowest BCUT2D eigenvalue weighted by Gasteiger charge is -2.14. The summed E-state index contributed by atoms with van der Waals surface area (Å²) in [5.74, 6) is -0.927. The van der Waals surface area contributed by atoms with Gasteiger partial charge in [-0.1, -0.05) is 18.2 Å². The Labute approximate surface area is 114 Å². The third kappa shape index (κ3) is 2.00. The summed E-state index contributed by atoms with van der Waals surface area (Å²) < 4.78 is 37.8. The van der Waals surface area contributed by atoms with Gasteiger partial charge < -0.3 is 14.6 Å². The quantitative estimate of drug-likeness (QED) is 0.917. The van der Waals surface area contributed by atoms with Gasteiger partial charge in [0.15, 0.2) is 23.1 Å². The molecule has 3 rings (SSSR count). The van der Waals surface area contributed by atoms with Crippen molar-refractivity contribution in [2.45, 2.75) is 13.0 Å². The molecule has 1 aliphatic rings. The monoisotopic (exact) mass is 278 g/mol. The molecule has 1 aliphatic heterocycles. The number of aliphatic hydroxyl groups excluding tert-OH is 1. The Morgan fingerprint density at radius 2 is 1.80 bits per heavy atom. The van der Waals surface area contributed by atoms with Crippen LogP contribution in [-0.4, -0.2) is 11.9 Å². The number of fused-ring (bicyclic) bond motifs is 1. The van der Waals surface area contributed by atoms with Gasteiger partial charge in [-0.05, 0) is 30.2 Å². The van der Waals surface area contributed by atoms with E-state index in [1.54, 1.807) is 18.2 Å². The van der Waals surface area contributed by atoms with Crippen LogP contribution in [0.25, 0.3) is 0 Å². The Balaban J connectivity index is 2.00. The van der Waals surface area contributed by atoms with Crippen LogP contribution in [0, 0.1) is 18.6 Å². The molecule has 1 heterocycles. The molecular formula is C15H12F2O3. The molecule has 1 N–H and O–H groups in total. The average molecular weight is 278 g/mol. The minimum atomic E-state index is -1.26. The molecule has 0 bridgehead atoms. The van der Waals surface area contributed by atoms with E-state index in [4.69, 9.17) is 9.47 Å². The lowest BCUT2D eigenvalue weighted by Crippen LogP contribution is -2.05. The van der Waals surface area contributed by atoms with Crippen molar-refractivity contribution in [3.63, 3.8) is 0 Å². The van der Waals surface area contributed by atoms with Crippen molar-refractivity contribution < 1.29 is 23.4 Å². The van der Waals surface area contributed by atoms with E-state index in [9.17, 15) is 13.9 Å². The number of hydrogen-bond donors (Lipinski definition) is 1. The molecule has 0 fully saturated rings. The maximum Gasteiger partial charge on any atom is 0.231 e. The first kappa shape index (κ1) is 12.9. The van der Waals surface area contributed by atoms with Crippen LogP contribution >= 0.6 is 0 Å². The van der Waals surface area contributed by atoms with Crippen LogP contribution in [0.15, 0.2) is 30.3 Å². The molecule has 0 amide bonds. The highest BCUT2D eigenvalue weighted by Gasteiger charge is 2.22. The van der Waals surface area contributed by atoms with Crippen molar-refractivity contribution in [2.24, 2.45) is 0 Å². The second-order valence-electron chi connectivity index (χ2n) is 4.61. The fourth-order valence-electron chi connectivity index (χ4n) is 2.13. The zero-order valence-corrected chi connectivity index (χ0v) is 10.7. The van der Waals surface area contributed by atoms with Crippen LogP contribution in [-0.2, 0) is 0 Å². The Kier molecular flexibility index (Phi) is 3.06. The van der Waals surface area contributed by atoms with Crippen LogP contribution in [0.1, 0.15) is 22.8 Å². The first-order chi connectivity index (χ1) is 9.58. The Morgan fingerprint density at radius 1 is 1.05 bits per heavy atom. The van der Waals surface area contributed by atoms with Gasteiger partial charge in [0.25, 0.3) is 0 Å². The molecule has 3 nitrogen and oxygen atoms in total. The van der Waals surface area contributed by atoms with Crippen LogP contribution in [0.2, 0.25) is 0 Å². The number of ether oxygens (including phenoxy) is 2. The van der Waals surface area contributed by atoms with Gasteiger partial charge in [0, 0.05) is 5.56 Å². The Hall–Kier alpha value is -2.14. The van der Waals surface area contributed by atoms with E-state index < -0.39 is 17.7 Å². The zero-order chi connectivity index (χ0) is 14.3. The summed E-state index contributed by atoms with van der Waals surface area (Å²) in [7, 11) is 0. The van der Waals surface area contributed by atoms with Gasteiger partial charge in [0.2, 0.25) is 6.79 Å². The molecule has 2 aromatic carbocycles. The lowest BCUT2D eigenvalue weighted by molar-refractivity contribution is 0.173. The molecule has 0 aromatic heterocycles. The fraction of sp³-hybridized carbons (Fsp3) is 0.200. The van der Waals surface area contributed by atoms with E-state index >= 15 is 0 Å².